The number of benzene rings is 8. The molecule has 0 fully saturated rings. The van der Waals surface area contributed by atoms with Crippen LogP contribution >= 0.6 is 0 Å². The first-order chi connectivity index (χ1) is 47.0. The SMILES string of the molecule is Cc1ccc(C2=Cc3c(ccc(C)c3-c3ccccc3)C2C2=C(c3ccc(C)o3)[CH]([Zr+2][CH]3C(c4ccc(C)o4)=C(C4C(c5ccc(C)o5)=Cc5c4ccc(C)c5-c4ccccc4)c4c(-c5ccccc5)c(C)c(C)c([SiH](C)C)c43)c3c2c(-c2ccccc2)c(C)c(C)c3[SiH](C)C)o1.[Cl-].[Cl-]. The number of aryl methyl sites for hydroxylation is 6. The zero-order chi connectivity index (χ0) is 67.0. The Morgan fingerprint density at radius 3 is 0.899 bits per heavy atom. The van der Waals surface area contributed by atoms with Crippen LogP contribution in [0.2, 0.25) is 26.2 Å². The van der Waals surface area contributed by atoms with Gasteiger partial charge in [-0.1, -0.05) is 0 Å². The van der Waals surface area contributed by atoms with Gasteiger partial charge in [0.1, 0.15) is 0 Å². The van der Waals surface area contributed by atoms with Gasteiger partial charge in [-0.05, 0) is 0 Å². The molecule has 9 heteroatoms. The Hall–Kier alpha value is -8.26. The van der Waals surface area contributed by atoms with Gasteiger partial charge in [0.05, 0.1) is 0 Å². The van der Waals surface area contributed by atoms with Gasteiger partial charge in [0.2, 0.25) is 0 Å². The van der Waals surface area contributed by atoms with Gasteiger partial charge in [-0.2, -0.15) is 0 Å². The Kier molecular flexibility index (Phi) is 18.3. The minimum atomic E-state index is -2.10. The van der Waals surface area contributed by atoms with Gasteiger partial charge in [-0.25, -0.2) is 0 Å². The van der Waals surface area contributed by atoms with E-state index in [1.165, 1.54) is 156 Å². The van der Waals surface area contributed by atoms with Gasteiger partial charge in [-0.15, -0.1) is 0 Å². The molecule has 99 heavy (non-hydrogen) atoms. The van der Waals surface area contributed by atoms with E-state index < -0.39 is 40.8 Å². The molecule has 4 unspecified atom stereocenters. The molecule has 0 radical (unpaired) electrons. The second kappa shape index (κ2) is 26.7. The standard InChI is InChI=1S/2C45H41O2Si.2ClH.Zr/c2*1-26-18-21-33-34(40(26)31-14-10-8-11-15-31)24-35(38-22-19-27(2)46-38)42(33)43-36(39-23-20-28(3)47-39)25-37-44(43)41(32-16-12-9-13-17-32)29(4)30(5)45(37)48(6)7;;;/h2*8-25,42,48H,1-7H3;2*1H;/q;;;;+2/p-2. The predicted octanol–water partition coefficient (Wildman–Crippen LogP) is 16.6. The fourth-order valence-corrected chi connectivity index (χ4v) is 27.9. The Morgan fingerprint density at radius 2 is 0.606 bits per heavy atom. The van der Waals surface area contributed by atoms with E-state index in [1.807, 2.05) is 0 Å². The molecule has 0 aliphatic heterocycles. The molecule has 4 aliphatic carbocycles. The van der Waals surface area contributed by atoms with E-state index in [4.69, 9.17) is 17.7 Å². The first kappa shape index (κ1) is 67.9. The minimum absolute atomic E-state index is 0. The summed E-state index contributed by atoms with van der Waals surface area (Å²) in [6.45, 7) is 33.2. The number of fused-ring (bicyclic) bond motifs is 4. The summed E-state index contributed by atoms with van der Waals surface area (Å²) in [6.07, 6.45) is 5.01. The molecule has 4 nitrogen and oxygen atoms in total. The maximum absolute atomic E-state index is 7.45. The predicted molar refractivity (Wildman–Crippen MR) is 407 cm³/mol. The van der Waals surface area contributed by atoms with Crippen LogP contribution in [-0.4, -0.2) is 17.6 Å². The normalized spacial score (nSPS) is 16.6. The van der Waals surface area contributed by atoms with Crippen molar-refractivity contribution in [3.05, 3.63) is 318 Å². The Balaban J connectivity index is 0.00000418. The first-order valence-corrected chi connectivity index (χ1v) is 43.4. The number of hydrogen-bond donors (Lipinski definition) is 0. The molecule has 4 aromatic heterocycles. The van der Waals surface area contributed by atoms with E-state index >= 15 is 0 Å². The third kappa shape index (κ3) is 11.1. The van der Waals surface area contributed by atoms with Crippen molar-refractivity contribution in [2.45, 2.75) is 115 Å². The van der Waals surface area contributed by atoms with Crippen LogP contribution in [-0.2, 0) is 23.2 Å². The molecule has 4 atom stereocenters. The molecule has 0 saturated carbocycles. The quantitative estimate of drug-likeness (QED) is 0.102. The summed E-state index contributed by atoms with van der Waals surface area (Å²) in [6, 6.07) is 72.4. The van der Waals surface area contributed by atoms with Crippen LogP contribution in [0.25, 0.3) is 90.1 Å². The molecule has 0 amide bonds. The summed E-state index contributed by atoms with van der Waals surface area (Å²) in [5.74, 6) is 6.91. The Bertz CT molecular complexity index is 4990. The van der Waals surface area contributed by atoms with E-state index in [-0.39, 0.29) is 43.9 Å². The van der Waals surface area contributed by atoms with Crippen LogP contribution in [0.4, 0.5) is 0 Å². The van der Waals surface area contributed by atoms with Gasteiger partial charge >= 0.3 is 592 Å². The smallest absolute Gasteiger partial charge is 1.00 e. The third-order valence-corrected chi connectivity index (χ3v) is 30.0. The molecule has 0 N–H and O–H groups in total. The van der Waals surface area contributed by atoms with Crippen molar-refractivity contribution in [2.24, 2.45) is 0 Å². The Morgan fingerprint density at radius 1 is 0.303 bits per heavy atom. The average Bonchev–Trinajstić information content (AvgIpc) is 1.07. The van der Waals surface area contributed by atoms with Crippen molar-refractivity contribution < 1.29 is 65.7 Å². The third-order valence-electron chi connectivity index (χ3n) is 21.8. The molecule has 16 rings (SSSR count). The van der Waals surface area contributed by atoms with Crippen molar-refractivity contribution in [1.82, 2.24) is 0 Å². The number of halogens is 2. The topological polar surface area (TPSA) is 52.6 Å². The maximum atomic E-state index is 7.45. The van der Waals surface area contributed by atoms with Crippen molar-refractivity contribution in [3.63, 3.8) is 0 Å². The van der Waals surface area contributed by atoms with Crippen molar-refractivity contribution in [3.8, 4) is 44.5 Å². The average molecular weight is 1450 g/mol. The van der Waals surface area contributed by atoms with Crippen LogP contribution in [0.15, 0.2) is 212 Å². The molecular weight excluding hydrogens is 1360 g/mol. The zero-order valence-corrected chi connectivity index (χ0v) is 65.3. The monoisotopic (exact) mass is 1440 g/mol. The van der Waals surface area contributed by atoms with E-state index in [1.54, 1.807) is 10.4 Å². The number of allylic oxidation sites excluding steroid dienone is 6. The zero-order valence-electron chi connectivity index (χ0n) is 59.0. The van der Waals surface area contributed by atoms with Gasteiger partial charge in [0, 0.05) is 0 Å². The summed E-state index contributed by atoms with van der Waals surface area (Å²) in [5.41, 5.74) is 36.9. The first-order valence-electron chi connectivity index (χ1n) is 34.7. The molecule has 0 bridgehead atoms. The van der Waals surface area contributed by atoms with Crippen molar-refractivity contribution in [1.29, 1.82) is 0 Å². The van der Waals surface area contributed by atoms with Crippen molar-refractivity contribution in [2.75, 3.05) is 0 Å². The Labute approximate surface area is 611 Å². The molecule has 4 heterocycles. The fraction of sp³-hybridized carbons (Fsp3) is 0.200. The molecular formula is C90H82Cl2O4Si2Zr. The number of furan rings is 4. The summed E-state index contributed by atoms with van der Waals surface area (Å²) in [7, 11) is -3.39. The molecule has 12 aromatic rings. The largest absolute Gasteiger partial charge is 1.00 e. The molecule has 4 aliphatic rings. The summed E-state index contributed by atoms with van der Waals surface area (Å²) in [4.78, 5) is 0. The second-order valence-corrected chi connectivity index (χ2v) is 37.8. The molecule has 492 valence electrons. The minimum Gasteiger partial charge on any atom is -1.00 e. The van der Waals surface area contributed by atoms with Crippen LogP contribution in [0, 0.1) is 69.2 Å². The van der Waals surface area contributed by atoms with Crippen LogP contribution in [0.1, 0.15) is 143 Å². The number of rotatable bonds is 14. The van der Waals surface area contributed by atoms with Gasteiger partial charge in [-0.3, -0.25) is 0 Å². The van der Waals surface area contributed by atoms with E-state index in [0.717, 1.165) is 46.1 Å². The second-order valence-electron chi connectivity index (χ2n) is 28.3. The fourth-order valence-electron chi connectivity index (χ4n) is 17.7. The van der Waals surface area contributed by atoms with Crippen molar-refractivity contribution >= 4 is 73.6 Å². The maximum Gasteiger partial charge on any atom is -1.00 e. The van der Waals surface area contributed by atoms with Crippen LogP contribution in [0.3, 0.4) is 0 Å². The van der Waals surface area contributed by atoms with E-state index in [9.17, 15) is 0 Å². The summed E-state index contributed by atoms with van der Waals surface area (Å²) < 4.78 is 28.9. The molecule has 0 spiro atoms. The van der Waals surface area contributed by atoms with Gasteiger partial charge < -0.3 is 24.8 Å². The summed E-state index contributed by atoms with van der Waals surface area (Å²) in [5, 5.41) is 3.18. The van der Waals surface area contributed by atoms with Crippen LogP contribution < -0.4 is 35.2 Å². The number of hydrogen-bond acceptors (Lipinski definition) is 4. The molecule has 8 aromatic carbocycles. The van der Waals surface area contributed by atoms with Gasteiger partial charge in [0.25, 0.3) is 0 Å². The molecule has 0 saturated heterocycles. The van der Waals surface area contributed by atoms with E-state index in [0.29, 0.717) is 0 Å². The van der Waals surface area contributed by atoms with Crippen LogP contribution in [0.5, 0.6) is 0 Å². The summed E-state index contributed by atoms with van der Waals surface area (Å²) >= 11 is -2.10. The van der Waals surface area contributed by atoms with E-state index in [2.05, 4.69) is 302 Å². The van der Waals surface area contributed by atoms with Gasteiger partial charge in [0.15, 0.2) is 0 Å².